The Kier molecular flexibility index (Phi) is 6.58. The average molecular weight is 389 g/mol. The molecule has 0 saturated heterocycles. The largest absolute Gasteiger partial charge is 0.493 e. The van der Waals surface area contributed by atoms with Crippen molar-refractivity contribution in [3.05, 3.63) is 71.8 Å². The third-order valence-electron chi connectivity index (χ3n) is 4.27. The van der Waals surface area contributed by atoms with Crippen LogP contribution in [0.1, 0.15) is 24.5 Å². The number of carbonyl (C=O) groups is 2. The SMILES string of the molecule is CCOc1ccc(C=NNC(=O)CC(=O)Nc2ccc(C)cc2)c2ccccc12. The molecule has 3 aromatic rings. The normalized spacial score (nSPS) is 10.8. The molecule has 6 nitrogen and oxygen atoms in total. The van der Waals surface area contributed by atoms with Crippen molar-refractivity contribution in [1.29, 1.82) is 0 Å². The van der Waals surface area contributed by atoms with Crippen molar-refractivity contribution in [1.82, 2.24) is 5.43 Å². The first-order valence-electron chi connectivity index (χ1n) is 9.40. The Bertz CT molecular complexity index is 1040. The predicted octanol–water partition coefficient (Wildman–Crippen LogP) is 4.03. The maximum absolute atomic E-state index is 12.0. The molecule has 0 radical (unpaired) electrons. The fraction of sp³-hybridized carbons (Fsp3) is 0.174. The summed E-state index contributed by atoms with van der Waals surface area (Å²) in [6.07, 6.45) is 1.25. The summed E-state index contributed by atoms with van der Waals surface area (Å²) in [6, 6.07) is 18.9. The topological polar surface area (TPSA) is 79.8 Å². The summed E-state index contributed by atoms with van der Waals surface area (Å²) in [6.45, 7) is 4.48. The number of anilines is 1. The molecule has 0 aliphatic heterocycles. The number of nitrogens with one attached hydrogen (secondary N) is 2. The molecule has 29 heavy (non-hydrogen) atoms. The van der Waals surface area contributed by atoms with Crippen molar-refractivity contribution in [2.45, 2.75) is 20.3 Å². The minimum Gasteiger partial charge on any atom is -0.493 e. The molecule has 0 spiro atoms. The maximum Gasteiger partial charge on any atom is 0.249 e. The molecule has 3 aromatic carbocycles. The number of carbonyl (C=O) groups excluding carboxylic acids is 2. The van der Waals surface area contributed by atoms with Gasteiger partial charge in [0.15, 0.2) is 0 Å². The highest BCUT2D eigenvalue weighted by Crippen LogP contribution is 2.27. The van der Waals surface area contributed by atoms with Gasteiger partial charge in [-0.3, -0.25) is 9.59 Å². The van der Waals surface area contributed by atoms with Gasteiger partial charge in [0, 0.05) is 16.6 Å². The van der Waals surface area contributed by atoms with Crippen LogP contribution in [0, 0.1) is 6.92 Å². The van der Waals surface area contributed by atoms with Crippen molar-refractivity contribution >= 4 is 34.5 Å². The van der Waals surface area contributed by atoms with Crippen LogP contribution in [0.25, 0.3) is 10.8 Å². The number of nitrogens with zero attached hydrogens (tertiary/aromatic N) is 1. The average Bonchev–Trinajstić information content (AvgIpc) is 2.71. The van der Waals surface area contributed by atoms with Crippen LogP contribution >= 0.6 is 0 Å². The van der Waals surface area contributed by atoms with Crippen molar-refractivity contribution in [2.75, 3.05) is 11.9 Å². The van der Waals surface area contributed by atoms with Crippen LogP contribution < -0.4 is 15.5 Å². The van der Waals surface area contributed by atoms with E-state index in [9.17, 15) is 9.59 Å². The third-order valence-corrected chi connectivity index (χ3v) is 4.27. The third kappa shape index (κ3) is 5.42. The summed E-state index contributed by atoms with van der Waals surface area (Å²) < 4.78 is 5.66. The van der Waals surface area contributed by atoms with Crippen molar-refractivity contribution in [3.63, 3.8) is 0 Å². The summed E-state index contributed by atoms with van der Waals surface area (Å²) in [5, 5.41) is 8.62. The minimum absolute atomic E-state index is 0.310. The minimum atomic E-state index is -0.485. The molecular weight excluding hydrogens is 366 g/mol. The van der Waals surface area contributed by atoms with E-state index >= 15 is 0 Å². The van der Waals surface area contributed by atoms with E-state index in [-0.39, 0.29) is 6.42 Å². The van der Waals surface area contributed by atoms with Gasteiger partial charge in [0.2, 0.25) is 11.8 Å². The van der Waals surface area contributed by atoms with Crippen LogP contribution in [0.2, 0.25) is 0 Å². The van der Waals surface area contributed by atoms with E-state index in [1.54, 1.807) is 18.3 Å². The molecule has 0 atom stereocenters. The molecule has 0 aliphatic carbocycles. The number of hydrogen-bond acceptors (Lipinski definition) is 4. The second-order valence-electron chi connectivity index (χ2n) is 6.52. The van der Waals surface area contributed by atoms with Gasteiger partial charge >= 0.3 is 0 Å². The lowest BCUT2D eigenvalue weighted by Crippen LogP contribution is -2.24. The van der Waals surface area contributed by atoms with E-state index in [1.807, 2.05) is 62.4 Å². The van der Waals surface area contributed by atoms with Crippen LogP contribution in [0.3, 0.4) is 0 Å². The highest BCUT2D eigenvalue weighted by molar-refractivity contribution is 6.05. The molecule has 0 fully saturated rings. The Morgan fingerprint density at radius 2 is 1.69 bits per heavy atom. The Labute approximate surface area is 169 Å². The lowest BCUT2D eigenvalue weighted by molar-refractivity contribution is -0.126. The quantitative estimate of drug-likeness (QED) is 0.364. The van der Waals surface area contributed by atoms with Gasteiger partial charge < -0.3 is 10.1 Å². The number of aryl methyl sites for hydroxylation is 1. The molecule has 0 aromatic heterocycles. The lowest BCUT2D eigenvalue weighted by Gasteiger charge is -2.09. The molecule has 2 amide bonds. The number of fused-ring (bicyclic) bond motifs is 1. The summed E-state index contributed by atoms with van der Waals surface area (Å²) >= 11 is 0. The van der Waals surface area contributed by atoms with E-state index in [1.165, 1.54) is 0 Å². The zero-order valence-electron chi connectivity index (χ0n) is 16.4. The van der Waals surface area contributed by atoms with Crippen molar-refractivity contribution in [3.8, 4) is 5.75 Å². The first kappa shape index (κ1) is 20.1. The molecule has 0 aliphatic rings. The van der Waals surface area contributed by atoms with Crippen LogP contribution in [-0.2, 0) is 9.59 Å². The van der Waals surface area contributed by atoms with Gasteiger partial charge in [0.1, 0.15) is 12.2 Å². The number of amides is 2. The van der Waals surface area contributed by atoms with E-state index in [0.717, 1.165) is 27.6 Å². The monoisotopic (exact) mass is 389 g/mol. The smallest absolute Gasteiger partial charge is 0.249 e. The van der Waals surface area contributed by atoms with E-state index in [4.69, 9.17) is 4.74 Å². The fourth-order valence-corrected chi connectivity index (χ4v) is 2.89. The van der Waals surface area contributed by atoms with Gasteiger partial charge in [-0.1, -0.05) is 42.0 Å². The number of rotatable bonds is 7. The number of hydrogen-bond donors (Lipinski definition) is 2. The first-order valence-corrected chi connectivity index (χ1v) is 9.40. The van der Waals surface area contributed by atoms with E-state index in [2.05, 4.69) is 15.8 Å². The van der Waals surface area contributed by atoms with Crippen LogP contribution in [-0.4, -0.2) is 24.6 Å². The van der Waals surface area contributed by atoms with Gasteiger partial charge in [-0.15, -0.1) is 0 Å². The summed E-state index contributed by atoms with van der Waals surface area (Å²) in [4.78, 5) is 24.0. The second-order valence-corrected chi connectivity index (χ2v) is 6.52. The fourth-order valence-electron chi connectivity index (χ4n) is 2.89. The Hall–Kier alpha value is -3.67. The van der Waals surface area contributed by atoms with Crippen LogP contribution in [0.5, 0.6) is 5.75 Å². The molecule has 0 heterocycles. The molecular formula is C23H23N3O3. The van der Waals surface area contributed by atoms with Gasteiger partial charge in [-0.05, 0) is 43.5 Å². The molecule has 0 unspecified atom stereocenters. The molecule has 0 saturated carbocycles. The molecule has 3 rings (SSSR count). The zero-order valence-corrected chi connectivity index (χ0v) is 16.4. The molecule has 0 bridgehead atoms. The van der Waals surface area contributed by atoms with Gasteiger partial charge in [-0.25, -0.2) is 5.43 Å². The summed E-state index contributed by atoms with van der Waals surface area (Å²) in [5.41, 5.74) is 4.99. The molecule has 148 valence electrons. The van der Waals surface area contributed by atoms with E-state index < -0.39 is 11.8 Å². The van der Waals surface area contributed by atoms with Gasteiger partial charge in [0.25, 0.3) is 0 Å². The second kappa shape index (κ2) is 9.50. The Morgan fingerprint density at radius 3 is 2.41 bits per heavy atom. The lowest BCUT2D eigenvalue weighted by atomic mass is 10.0. The Balaban J connectivity index is 1.60. The first-order chi connectivity index (χ1) is 14.1. The molecule has 2 N–H and O–H groups in total. The van der Waals surface area contributed by atoms with Gasteiger partial charge in [-0.2, -0.15) is 5.10 Å². The maximum atomic E-state index is 12.0. The predicted molar refractivity (Wildman–Crippen MR) is 115 cm³/mol. The standard InChI is InChI=1S/C23H23N3O3/c1-3-29-21-13-10-17(19-6-4-5-7-20(19)21)15-24-26-23(28)14-22(27)25-18-11-8-16(2)9-12-18/h4-13,15H,3,14H2,1-2H3,(H,25,27)(H,26,28). The van der Waals surface area contributed by atoms with E-state index in [0.29, 0.717) is 12.3 Å². The number of ether oxygens (including phenoxy) is 1. The van der Waals surface area contributed by atoms with Crippen LogP contribution in [0.4, 0.5) is 5.69 Å². The number of benzene rings is 3. The van der Waals surface area contributed by atoms with Crippen molar-refractivity contribution < 1.29 is 14.3 Å². The summed E-state index contributed by atoms with van der Waals surface area (Å²) in [5.74, 6) is -0.0776. The number of hydrazone groups is 1. The van der Waals surface area contributed by atoms with Crippen molar-refractivity contribution in [2.24, 2.45) is 5.10 Å². The zero-order chi connectivity index (χ0) is 20.6. The molecule has 6 heteroatoms. The Morgan fingerprint density at radius 1 is 0.966 bits per heavy atom. The van der Waals surface area contributed by atoms with Crippen LogP contribution in [0.15, 0.2) is 65.8 Å². The highest BCUT2D eigenvalue weighted by atomic mass is 16.5. The van der Waals surface area contributed by atoms with Gasteiger partial charge in [0.05, 0.1) is 12.8 Å². The highest BCUT2D eigenvalue weighted by Gasteiger charge is 2.09. The summed E-state index contributed by atoms with van der Waals surface area (Å²) in [7, 11) is 0.